The summed E-state index contributed by atoms with van der Waals surface area (Å²) in [5.41, 5.74) is 5.41. The summed E-state index contributed by atoms with van der Waals surface area (Å²) in [6.07, 6.45) is 4.90. The zero-order valence-electron chi connectivity index (χ0n) is 15.6. The number of carbonyl (C=O) groups excluding carboxylic acids is 2. The second-order valence-electron chi connectivity index (χ2n) is 7.35. The van der Waals surface area contributed by atoms with Crippen molar-refractivity contribution in [2.75, 3.05) is 26.1 Å². The van der Waals surface area contributed by atoms with Crippen LogP contribution in [0, 0.1) is 11.3 Å². The van der Waals surface area contributed by atoms with E-state index in [9.17, 15) is 14.8 Å². The highest BCUT2D eigenvalue weighted by molar-refractivity contribution is 5.84. The maximum atomic E-state index is 12.8. The molecule has 9 nitrogen and oxygen atoms in total. The molecular weight excluding hydrogens is 336 g/mol. The first kappa shape index (κ1) is 20.1. The Bertz CT molecular complexity index is 616. The highest BCUT2D eigenvalue weighted by atomic mass is 16.5. The summed E-state index contributed by atoms with van der Waals surface area (Å²) in [5.74, 6) is 0.554. The topological polar surface area (TPSA) is 111 Å². The standard InChI is InChI=1S/C17H28N6O3/c1-13-4-7-17(8-5-13,11-23(26)12-24)15(25)20-21-16-18-9-6-14(19-16)10-22(2)3/h6,9,12-13,26H,4-5,7-8,10-11H2,1-3H3,(H,20,25)(H,18,19,21)/t13-,17-. The zero-order chi connectivity index (χ0) is 19.2. The number of nitrogens with zero attached hydrogens (tertiary/aromatic N) is 4. The molecule has 0 atom stereocenters. The van der Waals surface area contributed by atoms with Gasteiger partial charge in [0.1, 0.15) is 0 Å². The first-order valence-corrected chi connectivity index (χ1v) is 8.78. The largest absolute Gasteiger partial charge is 0.304 e. The molecule has 0 radical (unpaired) electrons. The third-order valence-corrected chi connectivity index (χ3v) is 4.78. The fourth-order valence-electron chi connectivity index (χ4n) is 3.23. The summed E-state index contributed by atoms with van der Waals surface area (Å²) in [5, 5.41) is 10.2. The predicted molar refractivity (Wildman–Crippen MR) is 95.8 cm³/mol. The van der Waals surface area contributed by atoms with Crippen molar-refractivity contribution in [3.8, 4) is 0 Å². The zero-order valence-corrected chi connectivity index (χ0v) is 15.6. The first-order valence-electron chi connectivity index (χ1n) is 8.78. The van der Waals surface area contributed by atoms with E-state index < -0.39 is 5.41 Å². The minimum absolute atomic E-state index is 0.0295. The van der Waals surface area contributed by atoms with Gasteiger partial charge >= 0.3 is 0 Å². The number of hydrazine groups is 1. The molecule has 3 N–H and O–H groups in total. The van der Waals surface area contributed by atoms with Gasteiger partial charge in [0.25, 0.3) is 0 Å². The van der Waals surface area contributed by atoms with Gasteiger partial charge in [-0.15, -0.1) is 0 Å². The van der Waals surface area contributed by atoms with Crippen molar-refractivity contribution in [3.63, 3.8) is 0 Å². The van der Waals surface area contributed by atoms with Gasteiger partial charge in [-0.2, -0.15) is 0 Å². The molecule has 1 aliphatic rings. The Kier molecular flexibility index (Phi) is 6.87. The van der Waals surface area contributed by atoms with Crippen molar-refractivity contribution in [3.05, 3.63) is 18.0 Å². The molecule has 0 saturated heterocycles. The van der Waals surface area contributed by atoms with Gasteiger partial charge in [-0.3, -0.25) is 25.6 Å². The summed E-state index contributed by atoms with van der Waals surface area (Å²) in [6, 6.07) is 1.81. The molecule has 0 aliphatic heterocycles. The second kappa shape index (κ2) is 8.91. The molecule has 0 spiro atoms. The van der Waals surface area contributed by atoms with Crippen LogP contribution in [0.25, 0.3) is 0 Å². The van der Waals surface area contributed by atoms with Crippen LogP contribution in [0.4, 0.5) is 5.95 Å². The number of anilines is 1. The fraction of sp³-hybridized carbons (Fsp3) is 0.647. The SMILES string of the molecule is CN(C)Cc1ccnc(NNC(=O)[C@]2(CN(O)C=O)CC[C@@H](C)CC2)n1. The van der Waals surface area contributed by atoms with Gasteiger partial charge in [0.15, 0.2) is 0 Å². The van der Waals surface area contributed by atoms with Crippen LogP contribution in [-0.2, 0) is 16.1 Å². The van der Waals surface area contributed by atoms with Crippen LogP contribution in [0.5, 0.6) is 0 Å². The minimum atomic E-state index is -0.823. The third kappa shape index (κ3) is 5.37. The van der Waals surface area contributed by atoms with Crippen molar-refractivity contribution >= 4 is 18.3 Å². The van der Waals surface area contributed by atoms with Crippen LogP contribution in [0.15, 0.2) is 12.3 Å². The Labute approximate surface area is 153 Å². The Balaban J connectivity index is 2.04. The lowest BCUT2D eigenvalue weighted by molar-refractivity contribution is -0.163. The summed E-state index contributed by atoms with van der Waals surface area (Å²) in [4.78, 5) is 34.1. The van der Waals surface area contributed by atoms with E-state index in [0.29, 0.717) is 42.7 Å². The monoisotopic (exact) mass is 364 g/mol. The molecule has 1 aliphatic carbocycles. The van der Waals surface area contributed by atoms with Crippen LogP contribution in [0.2, 0.25) is 0 Å². The summed E-state index contributed by atoms with van der Waals surface area (Å²) < 4.78 is 0. The van der Waals surface area contributed by atoms with E-state index in [1.165, 1.54) is 0 Å². The molecule has 0 unspecified atom stereocenters. The van der Waals surface area contributed by atoms with E-state index in [4.69, 9.17) is 0 Å². The highest BCUT2D eigenvalue weighted by Gasteiger charge is 2.42. The lowest BCUT2D eigenvalue weighted by Gasteiger charge is -2.38. The minimum Gasteiger partial charge on any atom is -0.304 e. The average molecular weight is 364 g/mol. The average Bonchev–Trinajstić information content (AvgIpc) is 2.61. The summed E-state index contributed by atoms with van der Waals surface area (Å²) in [6.45, 7) is 2.77. The third-order valence-electron chi connectivity index (χ3n) is 4.78. The summed E-state index contributed by atoms with van der Waals surface area (Å²) in [7, 11) is 3.89. The van der Waals surface area contributed by atoms with E-state index in [2.05, 4.69) is 27.7 Å². The maximum absolute atomic E-state index is 12.8. The van der Waals surface area contributed by atoms with Gasteiger partial charge in [-0.1, -0.05) is 6.92 Å². The molecule has 1 heterocycles. The predicted octanol–water partition coefficient (Wildman–Crippen LogP) is 1.03. The molecule has 1 fully saturated rings. The Morgan fingerprint density at radius 2 is 2.12 bits per heavy atom. The van der Waals surface area contributed by atoms with Crippen molar-refractivity contribution in [1.82, 2.24) is 25.4 Å². The molecule has 1 aromatic heterocycles. The van der Waals surface area contributed by atoms with Gasteiger partial charge in [0.2, 0.25) is 18.3 Å². The van der Waals surface area contributed by atoms with Crippen molar-refractivity contribution in [1.29, 1.82) is 0 Å². The molecule has 0 aromatic carbocycles. The lowest BCUT2D eigenvalue weighted by atomic mass is 9.70. The number of rotatable bonds is 8. The lowest BCUT2D eigenvalue weighted by Crippen LogP contribution is -2.51. The number of hydroxylamine groups is 2. The molecular formula is C17H28N6O3. The van der Waals surface area contributed by atoms with Gasteiger partial charge < -0.3 is 4.90 Å². The molecule has 9 heteroatoms. The van der Waals surface area contributed by atoms with Crippen LogP contribution in [0.1, 0.15) is 38.3 Å². The van der Waals surface area contributed by atoms with Crippen molar-refractivity contribution < 1.29 is 14.8 Å². The smallest absolute Gasteiger partial charge is 0.246 e. The maximum Gasteiger partial charge on any atom is 0.246 e. The van der Waals surface area contributed by atoms with Crippen molar-refractivity contribution in [2.45, 2.75) is 39.2 Å². The second-order valence-corrected chi connectivity index (χ2v) is 7.35. The van der Waals surface area contributed by atoms with Crippen LogP contribution in [0.3, 0.4) is 0 Å². The number of carbonyl (C=O) groups is 2. The number of aromatic nitrogens is 2. The van der Waals surface area contributed by atoms with Crippen LogP contribution in [-0.4, -0.2) is 58.1 Å². The Morgan fingerprint density at radius 1 is 1.42 bits per heavy atom. The van der Waals surface area contributed by atoms with Crippen LogP contribution >= 0.6 is 0 Å². The molecule has 144 valence electrons. The van der Waals surface area contributed by atoms with Gasteiger partial charge in [-0.25, -0.2) is 15.0 Å². The van der Waals surface area contributed by atoms with Gasteiger partial charge in [-0.05, 0) is 51.8 Å². The number of nitrogens with one attached hydrogen (secondary N) is 2. The van der Waals surface area contributed by atoms with Crippen LogP contribution < -0.4 is 10.9 Å². The fourth-order valence-corrected chi connectivity index (χ4v) is 3.23. The Morgan fingerprint density at radius 3 is 2.73 bits per heavy atom. The van der Waals surface area contributed by atoms with Gasteiger partial charge in [0, 0.05) is 12.7 Å². The molecule has 26 heavy (non-hydrogen) atoms. The number of amides is 2. The molecule has 1 saturated carbocycles. The molecule has 1 aromatic rings. The molecule has 2 rings (SSSR count). The highest BCUT2D eigenvalue weighted by Crippen LogP contribution is 2.39. The normalized spacial score (nSPS) is 22.7. The van der Waals surface area contributed by atoms with E-state index in [0.717, 1.165) is 18.5 Å². The summed E-state index contributed by atoms with van der Waals surface area (Å²) >= 11 is 0. The first-order chi connectivity index (χ1) is 12.3. The number of hydrogen-bond donors (Lipinski definition) is 3. The van der Waals surface area contributed by atoms with E-state index in [1.807, 2.05) is 25.1 Å². The van der Waals surface area contributed by atoms with Gasteiger partial charge in [0.05, 0.1) is 17.7 Å². The number of hydrogen-bond acceptors (Lipinski definition) is 7. The van der Waals surface area contributed by atoms with E-state index in [1.54, 1.807) is 6.20 Å². The van der Waals surface area contributed by atoms with E-state index >= 15 is 0 Å². The quantitative estimate of drug-likeness (QED) is 0.359. The van der Waals surface area contributed by atoms with Crippen molar-refractivity contribution in [2.24, 2.45) is 11.3 Å². The molecule has 2 amide bonds. The van der Waals surface area contributed by atoms with E-state index in [-0.39, 0.29) is 12.5 Å². The molecule has 0 bridgehead atoms. The Hall–Kier alpha value is -2.26.